The van der Waals surface area contributed by atoms with E-state index in [9.17, 15) is 9.59 Å². The van der Waals surface area contributed by atoms with Crippen molar-refractivity contribution in [3.63, 3.8) is 0 Å². The lowest BCUT2D eigenvalue weighted by atomic mass is 9.84. The summed E-state index contributed by atoms with van der Waals surface area (Å²) in [6.07, 6.45) is 2.32. The maximum absolute atomic E-state index is 12.3. The Morgan fingerprint density at radius 3 is 3.00 bits per heavy atom. The molecule has 1 aromatic heterocycles. The lowest BCUT2D eigenvalue weighted by Gasteiger charge is -2.51. The van der Waals surface area contributed by atoms with Crippen LogP contribution in [0.3, 0.4) is 0 Å². The van der Waals surface area contributed by atoms with Crippen molar-refractivity contribution in [2.45, 2.75) is 18.9 Å². The summed E-state index contributed by atoms with van der Waals surface area (Å²) >= 11 is 0. The van der Waals surface area contributed by atoms with Gasteiger partial charge in [-0.15, -0.1) is 0 Å². The van der Waals surface area contributed by atoms with Crippen molar-refractivity contribution in [2.75, 3.05) is 39.9 Å². The van der Waals surface area contributed by atoms with Gasteiger partial charge in [0.25, 0.3) is 11.5 Å². The molecule has 1 amide bonds. The minimum absolute atomic E-state index is 0.0681. The van der Waals surface area contributed by atoms with E-state index in [4.69, 9.17) is 4.74 Å². The number of H-pyrrole nitrogens is 1. The molecule has 1 spiro atoms. The van der Waals surface area contributed by atoms with Gasteiger partial charge in [-0.05, 0) is 26.3 Å². The molecule has 22 heavy (non-hydrogen) atoms. The Morgan fingerprint density at radius 1 is 1.55 bits per heavy atom. The molecule has 0 unspecified atom stereocenters. The summed E-state index contributed by atoms with van der Waals surface area (Å²) in [6, 6.07) is 1.25. The minimum atomic E-state index is -0.302. The van der Waals surface area contributed by atoms with Crippen molar-refractivity contribution >= 4 is 5.91 Å². The number of carbonyl (C=O) groups is 1. The Hall–Kier alpha value is -1.73. The first kappa shape index (κ1) is 15.2. The highest BCUT2D eigenvalue weighted by atomic mass is 16.5. The van der Waals surface area contributed by atoms with E-state index >= 15 is 0 Å². The van der Waals surface area contributed by atoms with Crippen molar-refractivity contribution < 1.29 is 9.53 Å². The second kappa shape index (κ2) is 5.81. The number of amides is 1. The van der Waals surface area contributed by atoms with Gasteiger partial charge in [-0.2, -0.15) is 0 Å². The molecule has 3 rings (SSSR count). The van der Waals surface area contributed by atoms with E-state index in [1.165, 1.54) is 12.4 Å². The van der Waals surface area contributed by atoms with E-state index in [1.54, 1.807) is 4.90 Å². The number of aromatic nitrogens is 2. The van der Waals surface area contributed by atoms with Gasteiger partial charge in [0.1, 0.15) is 5.69 Å². The summed E-state index contributed by atoms with van der Waals surface area (Å²) in [4.78, 5) is 34.1. The van der Waals surface area contributed by atoms with Crippen LogP contribution in [0.1, 0.15) is 23.8 Å². The monoisotopic (exact) mass is 306 g/mol. The molecular formula is C15H22N4O3. The number of carbonyl (C=O) groups excluding carboxylic acids is 1. The molecule has 7 nitrogen and oxygen atoms in total. The number of hydrogen-bond acceptors (Lipinski definition) is 5. The van der Waals surface area contributed by atoms with Gasteiger partial charge in [0.05, 0.1) is 18.5 Å². The van der Waals surface area contributed by atoms with Crippen molar-refractivity contribution in [3.8, 4) is 0 Å². The zero-order chi connectivity index (χ0) is 15.7. The lowest BCUT2D eigenvalue weighted by molar-refractivity contribution is -0.00832. The second-order valence-corrected chi connectivity index (χ2v) is 6.29. The molecular weight excluding hydrogens is 284 g/mol. The van der Waals surface area contributed by atoms with Crippen LogP contribution in [0.4, 0.5) is 0 Å². The first-order valence-electron chi connectivity index (χ1n) is 7.67. The lowest BCUT2D eigenvalue weighted by Crippen LogP contribution is -2.68. The van der Waals surface area contributed by atoms with E-state index in [-0.39, 0.29) is 22.7 Å². The van der Waals surface area contributed by atoms with E-state index in [1.807, 2.05) is 6.92 Å². The summed E-state index contributed by atoms with van der Waals surface area (Å²) in [6.45, 7) is 5.93. The van der Waals surface area contributed by atoms with Crippen LogP contribution in [0, 0.1) is 5.92 Å². The summed E-state index contributed by atoms with van der Waals surface area (Å²) in [5.74, 6) is 0.360. The van der Waals surface area contributed by atoms with E-state index in [0.29, 0.717) is 19.0 Å². The molecule has 0 aromatic carbocycles. The van der Waals surface area contributed by atoms with Crippen LogP contribution in [0.5, 0.6) is 0 Å². The van der Waals surface area contributed by atoms with Gasteiger partial charge in [0.2, 0.25) is 0 Å². The molecule has 120 valence electrons. The summed E-state index contributed by atoms with van der Waals surface area (Å²) in [5.41, 5.74) is -0.0213. The predicted molar refractivity (Wildman–Crippen MR) is 80.7 cm³/mol. The molecule has 0 aliphatic carbocycles. The Bertz CT molecular complexity index is 609. The van der Waals surface area contributed by atoms with Crippen LogP contribution in [0.2, 0.25) is 0 Å². The molecule has 0 radical (unpaired) electrons. The fourth-order valence-corrected chi connectivity index (χ4v) is 3.56. The average molecular weight is 306 g/mol. The van der Waals surface area contributed by atoms with Crippen LogP contribution in [0.25, 0.3) is 0 Å². The second-order valence-electron chi connectivity index (χ2n) is 6.29. The standard InChI is InChI=1S/C15H22N4O3/c1-3-22-7-11-5-15(18(2)6-11)8-19(9-15)14(21)12-4-13(20)17-10-16-12/h4,10-11H,3,5-9H2,1-2H3,(H,16,17,20)/t11-/m1/s1. The summed E-state index contributed by atoms with van der Waals surface area (Å²) in [5, 5.41) is 0. The van der Waals surface area contributed by atoms with E-state index in [2.05, 4.69) is 21.9 Å². The third kappa shape index (κ3) is 2.66. The van der Waals surface area contributed by atoms with Gasteiger partial charge in [-0.25, -0.2) is 4.98 Å². The van der Waals surface area contributed by atoms with E-state index < -0.39 is 0 Å². The van der Waals surface area contributed by atoms with Crippen LogP contribution in [-0.2, 0) is 4.74 Å². The van der Waals surface area contributed by atoms with E-state index in [0.717, 1.165) is 26.2 Å². The topological polar surface area (TPSA) is 78.5 Å². The molecule has 1 atom stereocenters. The molecule has 1 aromatic rings. The highest BCUT2D eigenvalue weighted by Gasteiger charge is 2.53. The predicted octanol–water partition coefficient (Wildman–Crippen LogP) is -0.0473. The molecule has 7 heteroatoms. The normalized spacial score (nSPS) is 23.7. The molecule has 0 saturated carbocycles. The number of ether oxygens (including phenoxy) is 1. The van der Waals surface area contributed by atoms with Crippen LogP contribution in [-0.4, -0.2) is 71.1 Å². The molecule has 0 bridgehead atoms. The Kier molecular flexibility index (Phi) is 4.01. The number of aromatic amines is 1. The Balaban J connectivity index is 1.61. The molecule has 2 fully saturated rings. The van der Waals surface area contributed by atoms with Gasteiger partial charge < -0.3 is 14.6 Å². The number of nitrogens with zero attached hydrogens (tertiary/aromatic N) is 3. The van der Waals surface area contributed by atoms with Crippen molar-refractivity contribution in [1.82, 2.24) is 19.8 Å². The maximum Gasteiger partial charge on any atom is 0.272 e. The summed E-state index contributed by atoms with van der Waals surface area (Å²) in [7, 11) is 2.11. The zero-order valence-corrected chi connectivity index (χ0v) is 13.0. The van der Waals surface area contributed by atoms with Gasteiger partial charge >= 0.3 is 0 Å². The maximum atomic E-state index is 12.3. The van der Waals surface area contributed by atoms with Gasteiger partial charge in [0, 0.05) is 32.3 Å². The molecule has 2 aliphatic rings. The van der Waals surface area contributed by atoms with Gasteiger partial charge in [-0.1, -0.05) is 0 Å². The van der Waals surface area contributed by atoms with Crippen LogP contribution < -0.4 is 5.56 Å². The van der Waals surface area contributed by atoms with Gasteiger partial charge in [-0.3, -0.25) is 14.5 Å². The van der Waals surface area contributed by atoms with Crippen molar-refractivity contribution in [2.24, 2.45) is 5.92 Å². The molecule has 3 heterocycles. The molecule has 2 aliphatic heterocycles. The van der Waals surface area contributed by atoms with Crippen LogP contribution in [0.15, 0.2) is 17.2 Å². The largest absolute Gasteiger partial charge is 0.381 e. The smallest absolute Gasteiger partial charge is 0.272 e. The van der Waals surface area contributed by atoms with Crippen LogP contribution >= 0.6 is 0 Å². The quantitative estimate of drug-likeness (QED) is 0.844. The Morgan fingerprint density at radius 2 is 2.32 bits per heavy atom. The highest BCUT2D eigenvalue weighted by Crippen LogP contribution is 2.39. The SMILES string of the molecule is CCOC[C@H]1CN(C)C2(C1)CN(C(=O)c1cc(=O)[nH]cn1)C2. The zero-order valence-electron chi connectivity index (χ0n) is 13.0. The fourth-order valence-electron chi connectivity index (χ4n) is 3.56. The third-order valence-corrected chi connectivity index (χ3v) is 4.72. The first-order chi connectivity index (χ1) is 10.5. The summed E-state index contributed by atoms with van der Waals surface area (Å²) < 4.78 is 5.53. The number of likely N-dealkylation sites (N-methyl/N-ethyl adjacent to an activating group) is 1. The fraction of sp³-hybridized carbons (Fsp3) is 0.667. The molecule has 2 saturated heterocycles. The van der Waals surface area contributed by atoms with Crippen molar-refractivity contribution in [1.29, 1.82) is 0 Å². The number of hydrogen-bond donors (Lipinski definition) is 1. The minimum Gasteiger partial charge on any atom is -0.381 e. The van der Waals surface area contributed by atoms with Crippen molar-refractivity contribution in [3.05, 3.63) is 28.4 Å². The number of likely N-dealkylation sites (tertiary alicyclic amines) is 2. The Labute approximate surface area is 129 Å². The number of rotatable bonds is 4. The van der Waals surface area contributed by atoms with Gasteiger partial charge in [0.15, 0.2) is 0 Å². The first-order valence-corrected chi connectivity index (χ1v) is 7.67. The molecule has 1 N–H and O–H groups in total. The highest BCUT2D eigenvalue weighted by molar-refractivity contribution is 5.93. The average Bonchev–Trinajstić information content (AvgIpc) is 2.79. The number of nitrogens with one attached hydrogen (secondary N) is 1. The third-order valence-electron chi connectivity index (χ3n) is 4.72.